The van der Waals surface area contributed by atoms with Crippen LogP contribution >= 0.6 is 0 Å². The van der Waals surface area contributed by atoms with E-state index in [2.05, 4.69) is 65.8 Å². The summed E-state index contributed by atoms with van der Waals surface area (Å²) in [6, 6.07) is 0. The SMILES string of the molecule is CC(C)C(C)C=CC(C)C1CCC2C3=CC=C4C[C@@H](O)CC[C@]4(C)C3CC[C@@]21C. The molecule has 4 aliphatic carbocycles. The van der Waals surface area contributed by atoms with Crippen LogP contribution in [0.25, 0.3) is 0 Å². The topological polar surface area (TPSA) is 20.2 Å². The van der Waals surface area contributed by atoms with Gasteiger partial charge in [0.1, 0.15) is 0 Å². The molecule has 0 heterocycles. The summed E-state index contributed by atoms with van der Waals surface area (Å²) in [5.74, 6) is 4.38. The highest BCUT2D eigenvalue weighted by Gasteiger charge is 2.56. The second-order valence-electron chi connectivity index (χ2n) is 11.9. The molecule has 0 aromatic carbocycles. The monoisotopic (exact) mass is 396 g/mol. The first-order chi connectivity index (χ1) is 13.7. The fourth-order valence-corrected chi connectivity index (χ4v) is 7.59. The van der Waals surface area contributed by atoms with Gasteiger partial charge in [0.2, 0.25) is 0 Å². The highest BCUT2D eigenvalue weighted by Crippen LogP contribution is 2.65. The van der Waals surface area contributed by atoms with Gasteiger partial charge in [0.05, 0.1) is 6.10 Å². The summed E-state index contributed by atoms with van der Waals surface area (Å²) in [6.45, 7) is 14.6. The minimum atomic E-state index is -0.116. The van der Waals surface area contributed by atoms with Crippen molar-refractivity contribution in [3.63, 3.8) is 0 Å². The second kappa shape index (κ2) is 7.70. The zero-order chi connectivity index (χ0) is 21.0. The summed E-state index contributed by atoms with van der Waals surface area (Å²) in [4.78, 5) is 0. The largest absolute Gasteiger partial charge is 0.393 e. The molecule has 162 valence electrons. The Morgan fingerprint density at radius 1 is 0.931 bits per heavy atom. The molecule has 0 aromatic rings. The Hall–Kier alpha value is -0.820. The average Bonchev–Trinajstić information content (AvgIpc) is 3.03. The van der Waals surface area contributed by atoms with Crippen LogP contribution in [-0.4, -0.2) is 11.2 Å². The summed E-state index contributed by atoms with van der Waals surface area (Å²) in [6.07, 6.45) is 18.4. The molecule has 1 heteroatoms. The van der Waals surface area contributed by atoms with E-state index in [1.165, 1.54) is 37.7 Å². The van der Waals surface area contributed by atoms with Crippen molar-refractivity contribution in [2.24, 2.45) is 46.3 Å². The summed E-state index contributed by atoms with van der Waals surface area (Å²) in [7, 11) is 0. The number of rotatable bonds is 4. The Morgan fingerprint density at radius 2 is 1.69 bits per heavy atom. The van der Waals surface area contributed by atoms with Gasteiger partial charge in [-0.2, -0.15) is 0 Å². The Labute approximate surface area is 179 Å². The number of allylic oxidation sites excluding steroid dienone is 5. The molecule has 0 spiro atoms. The van der Waals surface area contributed by atoms with E-state index < -0.39 is 0 Å². The number of aliphatic hydroxyl groups excluding tert-OH is 1. The molecule has 0 amide bonds. The number of fused-ring (bicyclic) bond motifs is 5. The summed E-state index contributed by atoms with van der Waals surface area (Å²) in [5, 5.41) is 10.2. The van der Waals surface area contributed by atoms with Crippen molar-refractivity contribution in [2.45, 2.75) is 92.6 Å². The second-order valence-corrected chi connectivity index (χ2v) is 11.9. The zero-order valence-electron chi connectivity index (χ0n) is 19.7. The molecule has 0 radical (unpaired) electrons. The molecule has 0 aliphatic heterocycles. The van der Waals surface area contributed by atoms with Gasteiger partial charge < -0.3 is 5.11 Å². The van der Waals surface area contributed by atoms with Crippen molar-refractivity contribution in [3.8, 4) is 0 Å². The molecule has 0 saturated heterocycles. The first-order valence-electron chi connectivity index (χ1n) is 12.4. The molecule has 4 aliphatic rings. The standard InChI is InChI=1S/C28H44O/c1-18(2)19(3)7-8-20(4)24-11-12-25-23-10-9-21-17-22(29)13-15-27(21,5)26(23)14-16-28(24,25)6/h7-10,18-20,22,24-26,29H,11-17H2,1-6H3/t19?,20?,22-,24?,25?,26?,27-,28+/m0/s1. The highest BCUT2D eigenvalue weighted by atomic mass is 16.3. The van der Waals surface area contributed by atoms with Crippen LogP contribution in [0.1, 0.15) is 86.5 Å². The maximum Gasteiger partial charge on any atom is 0.0578 e. The van der Waals surface area contributed by atoms with Gasteiger partial charge >= 0.3 is 0 Å². The van der Waals surface area contributed by atoms with E-state index in [1.807, 2.05) is 0 Å². The van der Waals surface area contributed by atoms with Crippen LogP contribution in [-0.2, 0) is 0 Å². The molecule has 3 saturated carbocycles. The van der Waals surface area contributed by atoms with Crippen LogP contribution in [0, 0.1) is 46.3 Å². The molecule has 0 bridgehead atoms. The van der Waals surface area contributed by atoms with Crippen molar-refractivity contribution < 1.29 is 5.11 Å². The molecular weight excluding hydrogens is 352 g/mol. The van der Waals surface area contributed by atoms with Crippen LogP contribution in [0.3, 0.4) is 0 Å². The van der Waals surface area contributed by atoms with Gasteiger partial charge in [-0.15, -0.1) is 0 Å². The summed E-state index contributed by atoms with van der Waals surface area (Å²) in [5.41, 5.74) is 4.07. The normalized spacial score (nSPS) is 44.0. The predicted molar refractivity (Wildman–Crippen MR) is 123 cm³/mol. The van der Waals surface area contributed by atoms with Crippen molar-refractivity contribution in [3.05, 3.63) is 35.5 Å². The van der Waals surface area contributed by atoms with E-state index in [9.17, 15) is 5.11 Å². The van der Waals surface area contributed by atoms with Gasteiger partial charge in [0.25, 0.3) is 0 Å². The predicted octanol–water partition coefficient (Wildman–Crippen LogP) is 7.33. The van der Waals surface area contributed by atoms with Crippen molar-refractivity contribution in [2.75, 3.05) is 0 Å². The lowest BCUT2D eigenvalue weighted by atomic mass is 9.50. The Balaban J connectivity index is 1.57. The molecule has 3 fully saturated rings. The number of hydrogen-bond donors (Lipinski definition) is 1. The van der Waals surface area contributed by atoms with E-state index in [0.29, 0.717) is 22.7 Å². The minimum Gasteiger partial charge on any atom is -0.393 e. The lowest BCUT2D eigenvalue weighted by molar-refractivity contribution is 0.0382. The molecule has 8 atom stereocenters. The van der Waals surface area contributed by atoms with Crippen LogP contribution < -0.4 is 0 Å². The maximum absolute atomic E-state index is 10.2. The van der Waals surface area contributed by atoms with Crippen molar-refractivity contribution >= 4 is 0 Å². The van der Waals surface area contributed by atoms with E-state index in [1.54, 1.807) is 5.57 Å². The first kappa shape index (κ1) is 21.4. The molecule has 1 N–H and O–H groups in total. The number of hydrogen-bond acceptors (Lipinski definition) is 1. The Bertz CT molecular complexity index is 712. The molecule has 4 rings (SSSR count). The minimum absolute atomic E-state index is 0.116. The molecular formula is C28H44O. The maximum atomic E-state index is 10.2. The molecule has 5 unspecified atom stereocenters. The Morgan fingerprint density at radius 3 is 2.41 bits per heavy atom. The van der Waals surface area contributed by atoms with E-state index in [-0.39, 0.29) is 6.10 Å². The average molecular weight is 397 g/mol. The third-order valence-electron chi connectivity index (χ3n) is 10.0. The summed E-state index contributed by atoms with van der Waals surface area (Å²) < 4.78 is 0. The fourth-order valence-electron chi connectivity index (χ4n) is 7.59. The van der Waals surface area contributed by atoms with Gasteiger partial charge in [0, 0.05) is 0 Å². The van der Waals surface area contributed by atoms with Crippen LogP contribution in [0.5, 0.6) is 0 Å². The summed E-state index contributed by atoms with van der Waals surface area (Å²) >= 11 is 0. The quantitative estimate of drug-likeness (QED) is 0.493. The smallest absolute Gasteiger partial charge is 0.0578 e. The number of aliphatic hydroxyl groups is 1. The van der Waals surface area contributed by atoms with Crippen molar-refractivity contribution in [1.29, 1.82) is 0 Å². The van der Waals surface area contributed by atoms with E-state index >= 15 is 0 Å². The third-order valence-corrected chi connectivity index (χ3v) is 10.0. The van der Waals surface area contributed by atoms with Gasteiger partial charge in [-0.25, -0.2) is 0 Å². The van der Waals surface area contributed by atoms with Gasteiger partial charge in [-0.05, 0) is 91.3 Å². The molecule has 1 nitrogen and oxygen atoms in total. The van der Waals surface area contributed by atoms with Gasteiger partial charge in [-0.3, -0.25) is 0 Å². The van der Waals surface area contributed by atoms with Crippen molar-refractivity contribution in [1.82, 2.24) is 0 Å². The highest BCUT2D eigenvalue weighted by molar-refractivity contribution is 5.39. The van der Waals surface area contributed by atoms with Gasteiger partial charge in [0.15, 0.2) is 0 Å². The van der Waals surface area contributed by atoms with E-state index in [4.69, 9.17) is 0 Å². The molecule has 0 aromatic heterocycles. The molecule has 29 heavy (non-hydrogen) atoms. The van der Waals surface area contributed by atoms with Crippen LogP contribution in [0.2, 0.25) is 0 Å². The first-order valence-corrected chi connectivity index (χ1v) is 12.4. The van der Waals surface area contributed by atoms with Gasteiger partial charge in [-0.1, -0.05) is 77.0 Å². The lowest BCUT2D eigenvalue weighted by Gasteiger charge is -2.55. The van der Waals surface area contributed by atoms with E-state index in [0.717, 1.165) is 36.5 Å². The fraction of sp³-hybridized carbons (Fsp3) is 0.786. The lowest BCUT2D eigenvalue weighted by Crippen LogP contribution is -2.46. The Kier molecular flexibility index (Phi) is 5.69. The third kappa shape index (κ3) is 3.50. The van der Waals surface area contributed by atoms with Crippen LogP contribution in [0.4, 0.5) is 0 Å². The van der Waals surface area contributed by atoms with Crippen LogP contribution in [0.15, 0.2) is 35.5 Å². The zero-order valence-corrected chi connectivity index (χ0v) is 19.7.